The van der Waals surface area contributed by atoms with Crippen molar-refractivity contribution in [3.63, 3.8) is 0 Å². The number of anilines is 1. The molecule has 0 saturated carbocycles. The maximum atomic E-state index is 13.0. The third-order valence-corrected chi connectivity index (χ3v) is 4.10. The molecule has 0 spiro atoms. The number of nitriles is 1. The zero-order valence-corrected chi connectivity index (χ0v) is 12.2. The second-order valence-electron chi connectivity index (χ2n) is 5.80. The molecule has 23 heavy (non-hydrogen) atoms. The Hall–Kier alpha value is -2.33. The van der Waals surface area contributed by atoms with Crippen molar-refractivity contribution in [1.29, 1.82) is 5.26 Å². The third-order valence-electron chi connectivity index (χ3n) is 4.10. The molecule has 1 fully saturated rings. The van der Waals surface area contributed by atoms with Gasteiger partial charge < -0.3 is 10.6 Å². The van der Waals surface area contributed by atoms with Crippen LogP contribution in [0, 0.1) is 17.2 Å². The van der Waals surface area contributed by atoms with Gasteiger partial charge in [-0.05, 0) is 24.6 Å². The Labute approximate surface area is 131 Å². The molecule has 0 bridgehead atoms. The molecule has 7 heteroatoms. The monoisotopic (exact) mass is 320 g/mol. The predicted octanol–water partition coefficient (Wildman–Crippen LogP) is 2.82. The number of hydrogen-bond acceptors (Lipinski definition) is 4. The molecule has 2 atom stereocenters. The van der Waals surface area contributed by atoms with E-state index in [9.17, 15) is 13.2 Å². The summed E-state index contributed by atoms with van der Waals surface area (Å²) in [5.41, 5.74) is 6.69. The number of rotatable bonds is 1. The molecule has 1 aliphatic rings. The van der Waals surface area contributed by atoms with E-state index < -0.39 is 18.1 Å². The molecule has 120 valence electrons. The average molecular weight is 320 g/mol. The van der Waals surface area contributed by atoms with Crippen molar-refractivity contribution < 1.29 is 13.2 Å². The summed E-state index contributed by atoms with van der Waals surface area (Å²) in [6, 6.07) is 10.1. The van der Waals surface area contributed by atoms with Crippen molar-refractivity contribution in [3.8, 4) is 6.07 Å². The number of benzene rings is 1. The van der Waals surface area contributed by atoms with Gasteiger partial charge in [0.1, 0.15) is 11.9 Å². The summed E-state index contributed by atoms with van der Waals surface area (Å²) >= 11 is 0. The van der Waals surface area contributed by atoms with E-state index >= 15 is 0 Å². The first-order chi connectivity index (χ1) is 10.9. The molecule has 4 nitrogen and oxygen atoms in total. The third kappa shape index (κ3) is 3.08. The van der Waals surface area contributed by atoms with Crippen molar-refractivity contribution in [1.82, 2.24) is 4.98 Å². The van der Waals surface area contributed by atoms with Crippen LogP contribution in [0.3, 0.4) is 0 Å². The van der Waals surface area contributed by atoms with Crippen molar-refractivity contribution in [2.75, 3.05) is 18.0 Å². The van der Waals surface area contributed by atoms with Gasteiger partial charge in [0, 0.05) is 24.5 Å². The Balaban J connectivity index is 1.98. The van der Waals surface area contributed by atoms with Crippen LogP contribution in [0.2, 0.25) is 0 Å². The van der Waals surface area contributed by atoms with Gasteiger partial charge in [-0.2, -0.15) is 18.4 Å². The summed E-state index contributed by atoms with van der Waals surface area (Å²) in [5.74, 6) is -1.04. The fraction of sp³-hybridized carbons (Fsp3) is 0.375. The quantitative estimate of drug-likeness (QED) is 0.877. The number of para-hydroxylation sites is 1. The molecule has 1 aliphatic heterocycles. The van der Waals surface area contributed by atoms with Crippen molar-refractivity contribution >= 4 is 16.7 Å². The van der Waals surface area contributed by atoms with Crippen LogP contribution >= 0.6 is 0 Å². The lowest BCUT2D eigenvalue weighted by molar-refractivity contribution is -0.177. The van der Waals surface area contributed by atoms with E-state index in [-0.39, 0.29) is 13.0 Å². The number of fused-ring (bicyclic) bond motifs is 1. The molecule has 1 aromatic carbocycles. The maximum absolute atomic E-state index is 13.0. The van der Waals surface area contributed by atoms with Crippen LogP contribution in [0.25, 0.3) is 10.9 Å². The van der Waals surface area contributed by atoms with Gasteiger partial charge in [-0.25, -0.2) is 4.98 Å². The van der Waals surface area contributed by atoms with Gasteiger partial charge in [0.15, 0.2) is 0 Å². The molecule has 0 radical (unpaired) electrons. The molecule has 3 rings (SSSR count). The lowest BCUT2D eigenvalue weighted by Gasteiger charge is -2.37. The van der Waals surface area contributed by atoms with Gasteiger partial charge in [-0.3, -0.25) is 0 Å². The van der Waals surface area contributed by atoms with E-state index in [1.54, 1.807) is 29.2 Å². The van der Waals surface area contributed by atoms with E-state index in [0.29, 0.717) is 23.4 Å². The smallest absolute Gasteiger partial charge is 0.354 e. The Morgan fingerprint density at radius 2 is 2.00 bits per heavy atom. The molecule has 2 unspecified atom stereocenters. The largest absolute Gasteiger partial charge is 0.393 e. The van der Waals surface area contributed by atoms with Gasteiger partial charge in [0.2, 0.25) is 0 Å². The summed E-state index contributed by atoms with van der Waals surface area (Å²) in [6.07, 6.45) is -4.35. The highest BCUT2D eigenvalue weighted by Gasteiger charge is 2.44. The number of nitrogens with two attached hydrogens (primary N) is 1. The first-order valence-corrected chi connectivity index (χ1v) is 7.25. The van der Waals surface area contributed by atoms with Gasteiger partial charge in [-0.1, -0.05) is 12.1 Å². The number of aromatic nitrogens is 1. The van der Waals surface area contributed by atoms with E-state index in [2.05, 4.69) is 11.1 Å². The van der Waals surface area contributed by atoms with E-state index in [1.807, 2.05) is 6.07 Å². The molecule has 2 aromatic rings. The van der Waals surface area contributed by atoms with Crippen LogP contribution < -0.4 is 10.6 Å². The second kappa shape index (κ2) is 5.70. The van der Waals surface area contributed by atoms with Gasteiger partial charge in [-0.15, -0.1) is 0 Å². The SMILES string of the molecule is N#Cc1cccc2ccc(N3CC(N)CC(C(F)(F)F)C3)nc12. The fourth-order valence-corrected chi connectivity index (χ4v) is 2.97. The number of halogens is 3. The molecule has 0 amide bonds. The van der Waals surface area contributed by atoms with Crippen LogP contribution in [0.15, 0.2) is 30.3 Å². The standard InChI is InChI=1S/C16H15F3N4/c17-16(18,19)12-6-13(21)9-23(8-12)14-5-4-10-2-1-3-11(7-20)15(10)22-14/h1-5,12-13H,6,8-9,21H2. The van der Waals surface area contributed by atoms with Crippen molar-refractivity contribution in [2.24, 2.45) is 11.7 Å². The molecule has 2 heterocycles. The van der Waals surface area contributed by atoms with Gasteiger partial charge in [0.05, 0.1) is 17.0 Å². The normalized spacial score (nSPS) is 22.1. The molecular formula is C16H15F3N4. The van der Waals surface area contributed by atoms with E-state index in [1.165, 1.54) is 0 Å². The minimum absolute atomic E-state index is 0.0724. The molecule has 1 saturated heterocycles. The summed E-state index contributed by atoms with van der Waals surface area (Å²) in [7, 11) is 0. The first-order valence-electron chi connectivity index (χ1n) is 7.25. The van der Waals surface area contributed by atoms with E-state index in [0.717, 1.165) is 5.39 Å². The highest BCUT2D eigenvalue weighted by molar-refractivity contribution is 5.85. The molecule has 2 N–H and O–H groups in total. The van der Waals surface area contributed by atoms with Crippen molar-refractivity contribution in [2.45, 2.75) is 18.6 Å². The van der Waals surface area contributed by atoms with Crippen LogP contribution in [0.1, 0.15) is 12.0 Å². The molecular weight excluding hydrogens is 305 g/mol. The predicted molar refractivity (Wildman–Crippen MR) is 80.8 cm³/mol. The highest BCUT2D eigenvalue weighted by atomic mass is 19.4. The summed E-state index contributed by atoms with van der Waals surface area (Å²) in [4.78, 5) is 5.96. The van der Waals surface area contributed by atoms with Crippen LogP contribution in [-0.4, -0.2) is 30.3 Å². The molecule has 1 aromatic heterocycles. The first kappa shape index (κ1) is 15.6. The van der Waals surface area contributed by atoms with Crippen molar-refractivity contribution in [3.05, 3.63) is 35.9 Å². The second-order valence-corrected chi connectivity index (χ2v) is 5.80. The maximum Gasteiger partial charge on any atom is 0.393 e. The number of hydrogen-bond donors (Lipinski definition) is 1. The number of piperidine rings is 1. The topological polar surface area (TPSA) is 65.9 Å². The number of nitrogens with zero attached hydrogens (tertiary/aromatic N) is 3. The molecule has 0 aliphatic carbocycles. The lowest BCUT2D eigenvalue weighted by Crippen LogP contribution is -2.51. The van der Waals surface area contributed by atoms with Crippen LogP contribution in [0.4, 0.5) is 19.0 Å². The Bertz CT molecular complexity index is 766. The summed E-state index contributed by atoms with van der Waals surface area (Å²) < 4.78 is 39.1. The Kier molecular flexibility index (Phi) is 3.86. The Morgan fingerprint density at radius 1 is 1.22 bits per heavy atom. The minimum Gasteiger partial charge on any atom is -0.354 e. The fourth-order valence-electron chi connectivity index (χ4n) is 2.97. The number of alkyl halides is 3. The summed E-state index contributed by atoms with van der Waals surface area (Å²) in [6.45, 7) is 0.157. The number of pyridine rings is 1. The van der Waals surface area contributed by atoms with Crippen LogP contribution in [0.5, 0.6) is 0 Å². The average Bonchev–Trinajstić information content (AvgIpc) is 2.52. The zero-order valence-electron chi connectivity index (χ0n) is 12.2. The highest BCUT2D eigenvalue weighted by Crippen LogP contribution is 2.34. The minimum atomic E-state index is -4.27. The van der Waals surface area contributed by atoms with E-state index in [4.69, 9.17) is 11.0 Å². The van der Waals surface area contributed by atoms with Gasteiger partial charge in [0.25, 0.3) is 0 Å². The zero-order chi connectivity index (χ0) is 16.6. The summed E-state index contributed by atoms with van der Waals surface area (Å²) in [5, 5.41) is 9.93. The van der Waals surface area contributed by atoms with Crippen LogP contribution in [-0.2, 0) is 0 Å². The Morgan fingerprint density at radius 3 is 2.70 bits per heavy atom. The lowest BCUT2D eigenvalue weighted by atomic mass is 9.94. The van der Waals surface area contributed by atoms with Gasteiger partial charge >= 0.3 is 6.18 Å².